The van der Waals surface area contributed by atoms with E-state index >= 15 is 0 Å². The maximum Gasteiger partial charge on any atom is 0.274 e. The predicted octanol–water partition coefficient (Wildman–Crippen LogP) is 2.73. The van der Waals surface area contributed by atoms with Gasteiger partial charge < -0.3 is 9.64 Å². The van der Waals surface area contributed by atoms with E-state index in [9.17, 15) is 4.79 Å². The van der Waals surface area contributed by atoms with E-state index in [4.69, 9.17) is 4.74 Å². The van der Waals surface area contributed by atoms with Crippen LogP contribution in [0.15, 0.2) is 60.9 Å². The molecule has 29 heavy (non-hydrogen) atoms. The van der Waals surface area contributed by atoms with Crippen LogP contribution >= 0.6 is 0 Å². The van der Waals surface area contributed by atoms with Crippen LogP contribution in [0.5, 0.6) is 5.75 Å². The third-order valence-electron chi connectivity index (χ3n) is 4.99. The van der Waals surface area contributed by atoms with E-state index in [0.29, 0.717) is 18.8 Å². The molecule has 1 aliphatic heterocycles. The fraction of sp³-hybridized carbons (Fsp3) is 0.318. The Kier molecular flexibility index (Phi) is 6.16. The molecule has 0 saturated carbocycles. The highest BCUT2D eigenvalue weighted by atomic mass is 16.5. The summed E-state index contributed by atoms with van der Waals surface area (Å²) in [7, 11) is 0. The first-order valence-corrected chi connectivity index (χ1v) is 9.90. The van der Waals surface area contributed by atoms with Crippen LogP contribution in [-0.4, -0.2) is 57.1 Å². The number of pyridine rings is 1. The average molecular weight is 391 g/mol. The number of nitrogens with zero attached hydrogens (tertiary/aromatic N) is 4. The van der Waals surface area contributed by atoms with Crippen molar-refractivity contribution < 1.29 is 9.53 Å². The van der Waals surface area contributed by atoms with E-state index in [1.54, 1.807) is 12.3 Å². The van der Waals surface area contributed by atoms with Crippen molar-refractivity contribution in [1.29, 1.82) is 0 Å². The largest absolute Gasteiger partial charge is 0.487 e. The first kappa shape index (κ1) is 19.1. The van der Waals surface area contributed by atoms with Crippen LogP contribution in [0, 0.1) is 0 Å². The first-order valence-electron chi connectivity index (χ1n) is 9.90. The fourth-order valence-corrected chi connectivity index (χ4v) is 3.47. The van der Waals surface area contributed by atoms with Gasteiger partial charge in [-0.05, 0) is 36.2 Å². The van der Waals surface area contributed by atoms with Gasteiger partial charge in [0.25, 0.3) is 5.91 Å². The number of benzene rings is 1. The molecule has 0 atom stereocenters. The number of nitrogens with one attached hydrogen (secondary N) is 1. The highest BCUT2D eigenvalue weighted by molar-refractivity contribution is 5.92. The smallest absolute Gasteiger partial charge is 0.274 e. The Labute approximate surface area is 170 Å². The van der Waals surface area contributed by atoms with Gasteiger partial charge in [0.15, 0.2) is 5.69 Å². The summed E-state index contributed by atoms with van der Waals surface area (Å²) in [4.78, 5) is 21.3. The van der Waals surface area contributed by atoms with Crippen LogP contribution < -0.4 is 4.74 Å². The molecule has 0 aliphatic carbocycles. The van der Waals surface area contributed by atoms with Crippen molar-refractivity contribution in [2.24, 2.45) is 0 Å². The zero-order valence-electron chi connectivity index (χ0n) is 16.3. The van der Waals surface area contributed by atoms with Gasteiger partial charge in [0.1, 0.15) is 12.4 Å². The highest BCUT2D eigenvalue weighted by Crippen LogP contribution is 2.13. The normalized spacial score (nSPS) is 15.1. The average Bonchev–Trinajstić information content (AvgIpc) is 3.12. The molecule has 1 saturated heterocycles. The molecule has 4 rings (SSSR count). The van der Waals surface area contributed by atoms with Crippen LogP contribution in [0.2, 0.25) is 0 Å². The van der Waals surface area contributed by atoms with E-state index in [0.717, 1.165) is 44.0 Å². The fourth-order valence-electron chi connectivity index (χ4n) is 3.47. The number of rotatable bonds is 6. The second-order valence-electron chi connectivity index (χ2n) is 7.16. The van der Waals surface area contributed by atoms with Gasteiger partial charge in [-0.15, -0.1) is 0 Å². The molecule has 2 aromatic heterocycles. The standard InChI is InChI=1S/C22H25N5O2/c28-22(21-14-19(24-25-21)17-29-20-7-2-1-3-8-20)27-11-5-10-26(12-13-27)16-18-6-4-9-23-15-18/h1-4,6-9,14-15H,5,10-13,16-17H2,(H,24,25). The lowest BCUT2D eigenvalue weighted by atomic mass is 10.2. The van der Waals surface area contributed by atoms with Gasteiger partial charge in [-0.2, -0.15) is 5.10 Å². The maximum atomic E-state index is 12.9. The Balaban J connectivity index is 1.31. The maximum absolute atomic E-state index is 12.9. The summed E-state index contributed by atoms with van der Waals surface area (Å²) in [6.45, 7) is 4.46. The molecule has 0 bridgehead atoms. The van der Waals surface area contributed by atoms with Gasteiger partial charge in [-0.3, -0.25) is 19.8 Å². The molecular weight excluding hydrogens is 366 g/mol. The summed E-state index contributed by atoms with van der Waals surface area (Å²) < 4.78 is 5.71. The first-order chi connectivity index (χ1) is 14.3. The van der Waals surface area contributed by atoms with E-state index in [1.165, 1.54) is 5.56 Å². The van der Waals surface area contributed by atoms with Gasteiger partial charge in [0.2, 0.25) is 0 Å². The van der Waals surface area contributed by atoms with Gasteiger partial charge in [-0.25, -0.2) is 0 Å². The lowest BCUT2D eigenvalue weighted by molar-refractivity contribution is 0.0755. The summed E-state index contributed by atoms with van der Waals surface area (Å²) in [5.41, 5.74) is 2.42. The molecule has 3 heterocycles. The summed E-state index contributed by atoms with van der Waals surface area (Å²) >= 11 is 0. The molecule has 0 spiro atoms. The molecule has 1 N–H and O–H groups in total. The third-order valence-corrected chi connectivity index (χ3v) is 4.99. The van der Waals surface area contributed by atoms with E-state index in [1.807, 2.05) is 47.5 Å². The number of amides is 1. The SMILES string of the molecule is O=C(c1cc(COc2ccccc2)[nH]n1)N1CCCN(Cc2cccnc2)CC1. The number of aromatic amines is 1. The monoisotopic (exact) mass is 391 g/mol. The quantitative estimate of drug-likeness (QED) is 0.699. The van der Waals surface area contributed by atoms with E-state index in [-0.39, 0.29) is 5.91 Å². The topological polar surface area (TPSA) is 74.4 Å². The zero-order chi connectivity index (χ0) is 19.9. The van der Waals surface area contributed by atoms with E-state index < -0.39 is 0 Å². The number of carbonyl (C=O) groups excluding carboxylic acids is 1. The lowest BCUT2D eigenvalue weighted by Gasteiger charge is -2.21. The minimum atomic E-state index is -0.0320. The lowest BCUT2D eigenvalue weighted by Crippen LogP contribution is -2.35. The predicted molar refractivity (Wildman–Crippen MR) is 109 cm³/mol. The summed E-state index contributed by atoms with van der Waals surface area (Å²) in [5.74, 6) is 0.756. The molecule has 0 radical (unpaired) electrons. The molecule has 3 aromatic rings. The number of para-hydroxylation sites is 1. The Bertz CT molecular complexity index is 913. The second kappa shape index (κ2) is 9.34. The molecule has 7 heteroatoms. The molecule has 7 nitrogen and oxygen atoms in total. The summed E-state index contributed by atoms with van der Waals surface area (Å²) in [5, 5.41) is 7.12. The number of aromatic nitrogens is 3. The minimum Gasteiger partial charge on any atom is -0.487 e. The number of hydrogen-bond donors (Lipinski definition) is 1. The molecule has 1 amide bonds. The zero-order valence-corrected chi connectivity index (χ0v) is 16.3. The molecule has 1 fully saturated rings. The molecule has 150 valence electrons. The Morgan fingerprint density at radius 2 is 1.97 bits per heavy atom. The molecule has 1 aromatic carbocycles. The number of ether oxygens (including phenoxy) is 1. The van der Waals surface area contributed by atoms with Crippen LogP contribution in [0.3, 0.4) is 0 Å². The molecule has 0 unspecified atom stereocenters. The van der Waals surface area contributed by atoms with Gasteiger partial charge >= 0.3 is 0 Å². The van der Waals surface area contributed by atoms with E-state index in [2.05, 4.69) is 26.1 Å². The van der Waals surface area contributed by atoms with Crippen LogP contribution in [0.25, 0.3) is 0 Å². The Hall–Kier alpha value is -3.19. The van der Waals surface area contributed by atoms with Crippen LogP contribution in [-0.2, 0) is 13.2 Å². The summed E-state index contributed by atoms with van der Waals surface area (Å²) in [6, 6.07) is 15.4. The molecule has 1 aliphatic rings. The molecular formula is C22H25N5O2. The van der Waals surface area contributed by atoms with Crippen molar-refractivity contribution in [3.8, 4) is 5.75 Å². The van der Waals surface area contributed by atoms with Crippen molar-refractivity contribution in [3.63, 3.8) is 0 Å². The van der Waals surface area contributed by atoms with Gasteiger partial charge in [-0.1, -0.05) is 24.3 Å². The van der Waals surface area contributed by atoms with Crippen molar-refractivity contribution in [3.05, 3.63) is 77.9 Å². The number of H-pyrrole nitrogens is 1. The Morgan fingerprint density at radius 1 is 1.07 bits per heavy atom. The highest BCUT2D eigenvalue weighted by Gasteiger charge is 2.22. The van der Waals surface area contributed by atoms with Crippen LogP contribution in [0.4, 0.5) is 0 Å². The van der Waals surface area contributed by atoms with Crippen molar-refractivity contribution in [1.82, 2.24) is 25.0 Å². The van der Waals surface area contributed by atoms with Crippen LogP contribution in [0.1, 0.15) is 28.2 Å². The minimum absolute atomic E-state index is 0.0320. The number of hydrogen-bond acceptors (Lipinski definition) is 5. The van der Waals surface area contributed by atoms with Crippen molar-refractivity contribution in [2.75, 3.05) is 26.2 Å². The second-order valence-corrected chi connectivity index (χ2v) is 7.16. The van der Waals surface area contributed by atoms with Crippen molar-refractivity contribution in [2.45, 2.75) is 19.6 Å². The number of carbonyl (C=O) groups is 1. The van der Waals surface area contributed by atoms with Crippen molar-refractivity contribution >= 4 is 5.91 Å². The Morgan fingerprint density at radius 3 is 2.79 bits per heavy atom. The third kappa shape index (κ3) is 5.20. The van der Waals surface area contributed by atoms with Gasteiger partial charge in [0.05, 0.1) is 5.69 Å². The summed E-state index contributed by atoms with van der Waals surface area (Å²) in [6.07, 6.45) is 4.63. The van der Waals surface area contributed by atoms with Gasteiger partial charge in [0, 0.05) is 45.1 Å².